The van der Waals surface area contributed by atoms with Crippen molar-refractivity contribution in [1.82, 2.24) is 14.9 Å². The highest BCUT2D eigenvalue weighted by atomic mass is 32.1. The summed E-state index contributed by atoms with van der Waals surface area (Å²) in [6, 6.07) is 14.1. The molecule has 1 aromatic carbocycles. The molecular formula is C22H22N4O2S. The second-order valence-electron chi connectivity index (χ2n) is 7.42. The normalized spacial score (nSPS) is 20.2. The number of ether oxygens (including phenoxy) is 2. The summed E-state index contributed by atoms with van der Waals surface area (Å²) in [4.78, 5) is 6.78. The SMILES string of the molecule is Cc1cc([C@H]2[C@H](c3ccccn3)NC(=S)N2c2ccc3c(c2)OCO3)c(C)n1C. The van der Waals surface area contributed by atoms with Gasteiger partial charge in [0.2, 0.25) is 6.79 Å². The Kier molecular flexibility index (Phi) is 4.20. The maximum atomic E-state index is 5.80. The van der Waals surface area contributed by atoms with E-state index in [1.54, 1.807) is 0 Å². The summed E-state index contributed by atoms with van der Waals surface area (Å²) < 4.78 is 13.3. The molecule has 0 amide bonds. The highest BCUT2D eigenvalue weighted by Gasteiger charge is 2.42. The van der Waals surface area contributed by atoms with Gasteiger partial charge in [0.15, 0.2) is 16.6 Å². The fourth-order valence-electron chi connectivity index (χ4n) is 4.17. The van der Waals surface area contributed by atoms with Crippen LogP contribution in [0.5, 0.6) is 11.5 Å². The van der Waals surface area contributed by atoms with Crippen LogP contribution < -0.4 is 19.7 Å². The van der Waals surface area contributed by atoms with Crippen molar-refractivity contribution in [3.05, 3.63) is 71.3 Å². The van der Waals surface area contributed by atoms with E-state index in [0.29, 0.717) is 5.11 Å². The molecule has 4 heterocycles. The van der Waals surface area contributed by atoms with E-state index in [4.69, 9.17) is 21.7 Å². The second-order valence-corrected chi connectivity index (χ2v) is 7.81. The lowest BCUT2D eigenvalue weighted by molar-refractivity contribution is 0.174. The van der Waals surface area contributed by atoms with Crippen molar-refractivity contribution in [2.24, 2.45) is 7.05 Å². The summed E-state index contributed by atoms with van der Waals surface area (Å²) in [6.45, 7) is 4.52. The minimum absolute atomic E-state index is 0.0299. The van der Waals surface area contributed by atoms with Crippen molar-refractivity contribution in [3.8, 4) is 11.5 Å². The first kappa shape index (κ1) is 18.0. The summed E-state index contributed by atoms with van der Waals surface area (Å²) in [5, 5.41) is 4.18. The number of benzene rings is 1. The standard InChI is InChI=1S/C22H22N4O2S/c1-13-10-16(14(2)25(13)3)21-20(17-6-4-5-9-23-17)24-22(29)26(21)15-7-8-18-19(11-15)28-12-27-18/h4-11,20-21H,12H2,1-3H3,(H,24,29)/t20-,21-/m0/s1. The van der Waals surface area contributed by atoms with E-state index in [0.717, 1.165) is 22.9 Å². The largest absolute Gasteiger partial charge is 0.454 e. The van der Waals surface area contributed by atoms with Gasteiger partial charge in [-0.2, -0.15) is 0 Å². The molecule has 1 saturated heterocycles. The zero-order valence-corrected chi connectivity index (χ0v) is 17.4. The van der Waals surface area contributed by atoms with E-state index < -0.39 is 0 Å². The number of hydrogen-bond acceptors (Lipinski definition) is 4. The molecule has 29 heavy (non-hydrogen) atoms. The minimum atomic E-state index is -0.0605. The molecule has 0 spiro atoms. The second kappa shape index (κ2) is 6.77. The van der Waals surface area contributed by atoms with Gasteiger partial charge in [-0.05, 0) is 62.0 Å². The monoisotopic (exact) mass is 406 g/mol. The van der Waals surface area contributed by atoms with E-state index in [9.17, 15) is 0 Å². The van der Waals surface area contributed by atoms with Gasteiger partial charge in [-0.15, -0.1) is 0 Å². The van der Waals surface area contributed by atoms with Crippen LogP contribution in [0.4, 0.5) is 5.69 Å². The summed E-state index contributed by atoms with van der Waals surface area (Å²) in [7, 11) is 2.09. The average molecular weight is 407 g/mol. The Bertz CT molecular complexity index is 1100. The summed E-state index contributed by atoms with van der Waals surface area (Å²) in [5.74, 6) is 1.50. The van der Waals surface area contributed by atoms with Crippen LogP contribution in [-0.4, -0.2) is 21.5 Å². The number of thiocarbonyl (C=S) groups is 1. The predicted molar refractivity (Wildman–Crippen MR) is 115 cm³/mol. The smallest absolute Gasteiger partial charge is 0.231 e. The molecule has 3 aromatic rings. The number of pyridine rings is 1. The quantitative estimate of drug-likeness (QED) is 0.665. The van der Waals surface area contributed by atoms with Crippen molar-refractivity contribution >= 4 is 23.0 Å². The van der Waals surface area contributed by atoms with Crippen LogP contribution in [0.25, 0.3) is 0 Å². The van der Waals surface area contributed by atoms with E-state index in [2.05, 4.69) is 46.7 Å². The van der Waals surface area contributed by atoms with Gasteiger partial charge >= 0.3 is 0 Å². The maximum absolute atomic E-state index is 5.80. The molecule has 148 valence electrons. The Balaban J connectivity index is 1.66. The van der Waals surface area contributed by atoms with Crippen LogP contribution in [0.3, 0.4) is 0 Å². The van der Waals surface area contributed by atoms with Gasteiger partial charge in [-0.3, -0.25) is 4.98 Å². The van der Waals surface area contributed by atoms with Crippen LogP contribution in [0.1, 0.15) is 34.7 Å². The van der Waals surface area contributed by atoms with E-state index in [-0.39, 0.29) is 18.9 Å². The molecule has 2 atom stereocenters. The molecule has 6 nitrogen and oxygen atoms in total. The van der Waals surface area contributed by atoms with Crippen LogP contribution in [-0.2, 0) is 7.05 Å². The molecule has 2 aliphatic rings. The Morgan fingerprint density at radius 1 is 1.10 bits per heavy atom. The highest BCUT2D eigenvalue weighted by molar-refractivity contribution is 7.80. The first-order valence-electron chi connectivity index (χ1n) is 9.57. The van der Waals surface area contributed by atoms with Crippen molar-refractivity contribution in [2.45, 2.75) is 25.9 Å². The number of anilines is 1. The molecule has 0 radical (unpaired) electrons. The van der Waals surface area contributed by atoms with Crippen LogP contribution in [0.2, 0.25) is 0 Å². The average Bonchev–Trinajstić information content (AvgIpc) is 3.40. The summed E-state index contributed by atoms with van der Waals surface area (Å²) in [5.41, 5.74) is 5.58. The van der Waals surface area contributed by atoms with Gasteiger partial charge in [-0.1, -0.05) is 6.07 Å². The third kappa shape index (κ3) is 2.84. The Labute approximate surface area is 175 Å². The number of aromatic nitrogens is 2. The molecule has 5 rings (SSSR count). The molecule has 2 aromatic heterocycles. The molecule has 0 aliphatic carbocycles. The van der Waals surface area contributed by atoms with Gasteiger partial charge in [0, 0.05) is 36.4 Å². The lowest BCUT2D eigenvalue weighted by Gasteiger charge is -2.28. The molecule has 7 heteroatoms. The maximum Gasteiger partial charge on any atom is 0.231 e. The van der Waals surface area contributed by atoms with Gasteiger partial charge < -0.3 is 24.3 Å². The molecule has 2 aliphatic heterocycles. The van der Waals surface area contributed by atoms with E-state index in [1.165, 1.54) is 17.0 Å². The number of hydrogen-bond donors (Lipinski definition) is 1. The molecule has 0 bridgehead atoms. The molecular weight excluding hydrogens is 384 g/mol. The fourth-order valence-corrected chi connectivity index (χ4v) is 4.51. The Hall–Kier alpha value is -3.06. The predicted octanol–water partition coefficient (Wildman–Crippen LogP) is 3.94. The third-order valence-electron chi connectivity index (χ3n) is 5.87. The molecule has 1 fully saturated rings. The minimum Gasteiger partial charge on any atom is -0.454 e. The van der Waals surface area contributed by atoms with Gasteiger partial charge in [0.05, 0.1) is 17.8 Å². The topological polar surface area (TPSA) is 51.6 Å². The lowest BCUT2D eigenvalue weighted by Crippen LogP contribution is -2.29. The molecule has 0 saturated carbocycles. The van der Waals surface area contributed by atoms with E-state index in [1.807, 2.05) is 42.6 Å². The first-order valence-corrected chi connectivity index (χ1v) is 9.98. The molecule has 0 unspecified atom stereocenters. The highest BCUT2D eigenvalue weighted by Crippen LogP contribution is 2.45. The van der Waals surface area contributed by atoms with Crippen LogP contribution in [0, 0.1) is 13.8 Å². The van der Waals surface area contributed by atoms with Gasteiger partial charge in [0.1, 0.15) is 0 Å². The summed E-state index contributed by atoms with van der Waals surface area (Å²) in [6.07, 6.45) is 1.82. The van der Waals surface area contributed by atoms with Gasteiger partial charge in [-0.25, -0.2) is 0 Å². The van der Waals surface area contributed by atoms with Crippen molar-refractivity contribution in [1.29, 1.82) is 0 Å². The zero-order valence-electron chi connectivity index (χ0n) is 16.5. The number of rotatable bonds is 3. The first-order chi connectivity index (χ1) is 14.0. The zero-order chi connectivity index (χ0) is 20.1. The number of fused-ring (bicyclic) bond motifs is 1. The molecule has 1 N–H and O–H groups in total. The van der Waals surface area contributed by atoms with Crippen LogP contribution in [0.15, 0.2) is 48.7 Å². The third-order valence-corrected chi connectivity index (χ3v) is 6.18. The van der Waals surface area contributed by atoms with Crippen molar-refractivity contribution in [2.75, 3.05) is 11.7 Å². The number of nitrogens with zero attached hydrogens (tertiary/aromatic N) is 3. The fraction of sp³-hybridized carbons (Fsp3) is 0.273. The van der Waals surface area contributed by atoms with Crippen LogP contribution >= 0.6 is 12.2 Å². The van der Waals surface area contributed by atoms with Crippen molar-refractivity contribution < 1.29 is 9.47 Å². The number of aryl methyl sites for hydroxylation is 1. The summed E-state index contributed by atoms with van der Waals surface area (Å²) >= 11 is 5.80. The lowest BCUT2D eigenvalue weighted by atomic mass is 9.96. The Morgan fingerprint density at radius 2 is 1.93 bits per heavy atom. The van der Waals surface area contributed by atoms with Gasteiger partial charge in [0.25, 0.3) is 0 Å². The van der Waals surface area contributed by atoms with Crippen molar-refractivity contribution in [3.63, 3.8) is 0 Å². The van der Waals surface area contributed by atoms with E-state index >= 15 is 0 Å². The Morgan fingerprint density at radius 3 is 2.66 bits per heavy atom. The number of nitrogens with one attached hydrogen (secondary N) is 1.